The summed E-state index contributed by atoms with van der Waals surface area (Å²) in [7, 11) is 0. The maximum atomic E-state index is 12.0. The average molecular weight is 474 g/mol. The topological polar surface area (TPSA) is 59.9 Å². The third kappa shape index (κ3) is 6.93. The molecule has 5 nitrogen and oxygen atoms in total. The summed E-state index contributed by atoms with van der Waals surface area (Å²) in [4.78, 5) is 12.0. The molecule has 0 aliphatic rings. The Balaban J connectivity index is 1.46. The van der Waals surface area contributed by atoms with Gasteiger partial charge in [0.1, 0.15) is 24.7 Å². The summed E-state index contributed by atoms with van der Waals surface area (Å²) in [6.45, 7) is 0.831. The van der Waals surface area contributed by atoms with Crippen molar-refractivity contribution in [1.29, 1.82) is 0 Å². The van der Waals surface area contributed by atoms with Gasteiger partial charge in [-0.05, 0) is 60.2 Å². The molecule has 0 saturated heterocycles. The summed E-state index contributed by atoms with van der Waals surface area (Å²) in [5, 5.41) is 4.48. The van der Waals surface area contributed by atoms with Gasteiger partial charge in [0.15, 0.2) is 0 Å². The molecule has 0 bridgehead atoms. The van der Waals surface area contributed by atoms with Crippen LogP contribution in [-0.4, -0.2) is 25.3 Å². The lowest BCUT2D eigenvalue weighted by atomic mass is 10.2. The Morgan fingerprint density at radius 2 is 1.69 bits per heavy atom. The predicted molar refractivity (Wildman–Crippen MR) is 118 cm³/mol. The fourth-order valence-corrected chi connectivity index (χ4v) is 2.85. The fraction of sp³-hybridized carbons (Fsp3) is 0.0909. The maximum absolute atomic E-state index is 12.0. The molecular formula is C22H18BrClN2O3. The number of carbonyl (C=O) groups is 1. The van der Waals surface area contributed by atoms with Crippen molar-refractivity contribution in [3.05, 3.63) is 93.4 Å². The van der Waals surface area contributed by atoms with Crippen LogP contribution in [0.1, 0.15) is 15.9 Å². The van der Waals surface area contributed by atoms with Crippen molar-refractivity contribution in [2.24, 2.45) is 5.10 Å². The van der Waals surface area contributed by atoms with E-state index in [4.69, 9.17) is 21.1 Å². The molecule has 0 fully saturated rings. The quantitative estimate of drug-likeness (QED) is 0.273. The van der Waals surface area contributed by atoms with Crippen LogP contribution in [0.3, 0.4) is 0 Å². The molecule has 0 unspecified atom stereocenters. The Labute approximate surface area is 182 Å². The van der Waals surface area contributed by atoms with E-state index < -0.39 is 0 Å². The predicted octanol–water partition coefficient (Wildman–Crippen LogP) is 5.32. The number of halogens is 2. The molecule has 148 valence electrons. The highest BCUT2D eigenvalue weighted by atomic mass is 79.9. The highest BCUT2D eigenvalue weighted by Gasteiger charge is 2.04. The van der Waals surface area contributed by atoms with Gasteiger partial charge in [0.05, 0.1) is 6.21 Å². The number of hydrazone groups is 1. The van der Waals surface area contributed by atoms with Crippen molar-refractivity contribution in [3.8, 4) is 11.5 Å². The van der Waals surface area contributed by atoms with Gasteiger partial charge >= 0.3 is 0 Å². The lowest BCUT2D eigenvalue weighted by molar-refractivity contribution is 0.0955. The van der Waals surface area contributed by atoms with E-state index in [1.54, 1.807) is 30.5 Å². The molecule has 7 heteroatoms. The third-order valence-corrected chi connectivity index (χ3v) is 4.52. The average Bonchev–Trinajstić information content (AvgIpc) is 2.73. The zero-order valence-electron chi connectivity index (χ0n) is 15.3. The Morgan fingerprint density at radius 3 is 2.45 bits per heavy atom. The molecule has 0 atom stereocenters. The van der Waals surface area contributed by atoms with Crippen LogP contribution in [0.4, 0.5) is 0 Å². The van der Waals surface area contributed by atoms with Gasteiger partial charge in [-0.15, -0.1) is 0 Å². The van der Waals surface area contributed by atoms with E-state index in [1.807, 2.05) is 48.5 Å². The van der Waals surface area contributed by atoms with Crippen molar-refractivity contribution in [1.82, 2.24) is 5.43 Å². The number of hydrogen-bond donors (Lipinski definition) is 1. The second kappa shape index (κ2) is 10.6. The van der Waals surface area contributed by atoms with Crippen LogP contribution >= 0.6 is 27.5 Å². The van der Waals surface area contributed by atoms with E-state index in [2.05, 4.69) is 26.5 Å². The Bertz CT molecular complexity index is 993. The standard InChI is InChI=1S/C22H18BrClN2O3/c23-18-7-9-20(10-8-18)28-11-12-29-21-6-1-3-16(13-21)15-25-26-22(27)17-4-2-5-19(24)14-17/h1-10,13-15H,11-12H2,(H,26,27). The highest BCUT2D eigenvalue weighted by Crippen LogP contribution is 2.16. The molecule has 0 heterocycles. The van der Waals surface area contributed by atoms with E-state index in [-0.39, 0.29) is 5.91 Å². The smallest absolute Gasteiger partial charge is 0.271 e. The van der Waals surface area contributed by atoms with E-state index in [0.29, 0.717) is 29.5 Å². The first-order chi connectivity index (χ1) is 14.1. The number of rotatable bonds is 8. The van der Waals surface area contributed by atoms with Gasteiger partial charge < -0.3 is 9.47 Å². The zero-order valence-corrected chi connectivity index (χ0v) is 17.7. The van der Waals surface area contributed by atoms with Crippen LogP contribution in [-0.2, 0) is 0 Å². The second-order valence-corrected chi connectivity index (χ2v) is 7.28. The molecule has 1 amide bonds. The van der Waals surface area contributed by atoms with Crippen LogP contribution in [0.5, 0.6) is 11.5 Å². The molecule has 0 aliphatic heterocycles. The minimum atomic E-state index is -0.332. The number of nitrogens with one attached hydrogen (secondary N) is 1. The molecule has 0 saturated carbocycles. The van der Waals surface area contributed by atoms with Crippen molar-refractivity contribution < 1.29 is 14.3 Å². The lowest BCUT2D eigenvalue weighted by Gasteiger charge is -2.09. The summed E-state index contributed by atoms with van der Waals surface area (Å²) < 4.78 is 12.3. The van der Waals surface area contributed by atoms with Gasteiger partial charge in [-0.2, -0.15) is 5.10 Å². The van der Waals surface area contributed by atoms with Gasteiger partial charge in [0.2, 0.25) is 0 Å². The summed E-state index contributed by atoms with van der Waals surface area (Å²) in [5.41, 5.74) is 3.71. The van der Waals surface area contributed by atoms with Gasteiger partial charge in [-0.25, -0.2) is 5.43 Å². The molecular weight excluding hydrogens is 456 g/mol. The van der Waals surface area contributed by atoms with Crippen molar-refractivity contribution in [3.63, 3.8) is 0 Å². The monoisotopic (exact) mass is 472 g/mol. The Hall–Kier alpha value is -2.83. The van der Waals surface area contributed by atoms with Crippen LogP contribution < -0.4 is 14.9 Å². The van der Waals surface area contributed by atoms with Crippen molar-refractivity contribution in [2.75, 3.05) is 13.2 Å². The van der Waals surface area contributed by atoms with Gasteiger partial charge in [0, 0.05) is 15.1 Å². The third-order valence-electron chi connectivity index (χ3n) is 3.76. The van der Waals surface area contributed by atoms with Gasteiger partial charge in [0.25, 0.3) is 5.91 Å². The molecule has 3 aromatic carbocycles. The lowest BCUT2D eigenvalue weighted by Crippen LogP contribution is -2.17. The van der Waals surface area contributed by atoms with Gasteiger partial charge in [-0.1, -0.05) is 45.7 Å². The molecule has 0 aromatic heterocycles. The number of carbonyl (C=O) groups excluding carboxylic acids is 1. The first kappa shape index (κ1) is 20.9. The summed E-state index contributed by atoms with van der Waals surface area (Å²) in [6, 6.07) is 21.7. The second-order valence-electron chi connectivity index (χ2n) is 5.93. The van der Waals surface area contributed by atoms with E-state index in [1.165, 1.54) is 0 Å². The van der Waals surface area contributed by atoms with E-state index in [9.17, 15) is 4.79 Å². The molecule has 0 aliphatic carbocycles. The van der Waals surface area contributed by atoms with Crippen molar-refractivity contribution in [2.45, 2.75) is 0 Å². The number of amides is 1. The minimum absolute atomic E-state index is 0.332. The first-order valence-corrected chi connectivity index (χ1v) is 9.97. The molecule has 0 spiro atoms. The van der Waals surface area contributed by atoms with E-state index >= 15 is 0 Å². The number of hydrogen-bond acceptors (Lipinski definition) is 4. The fourth-order valence-electron chi connectivity index (χ4n) is 2.39. The molecule has 3 aromatic rings. The van der Waals surface area contributed by atoms with E-state index in [0.717, 1.165) is 15.8 Å². The highest BCUT2D eigenvalue weighted by molar-refractivity contribution is 9.10. The maximum Gasteiger partial charge on any atom is 0.271 e. The summed E-state index contributed by atoms with van der Waals surface area (Å²) >= 11 is 9.27. The normalized spacial score (nSPS) is 10.7. The van der Waals surface area contributed by atoms with Crippen LogP contribution in [0, 0.1) is 0 Å². The summed E-state index contributed by atoms with van der Waals surface area (Å²) in [5.74, 6) is 1.14. The number of ether oxygens (including phenoxy) is 2. The van der Waals surface area contributed by atoms with Gasteiger partial charge in [-0.3, -0.25) is 4.79 Å². The number of benzene rings is 3. The molecule has 29 heavy (non-hydrogen) atoms. The van der Waals surface area contributed by atoms with Crippen LogP contribution in [0.25, 0.3) is 0 Å². The largest absolute Gasteiger partial charge is 0.490 e. The molecule has 0 radical (unpaired) electrons. The minimum Gasteiger partial charge on any atom is -0.490 e. The molecule has 1 N–H and O–H groups in total. The van der Waals surface area contributed by atoms with Crippen molar-refractivity contribution >= 4 is 39.7 Å². The first-order valence-electron chi connectivity index (χ1n) is 8.80. The number of nitrogens with zero attached hydrogens (tertiary/aromatic N) is 1. The summed E-state index contributed by atoms with van der Waals surface area (Å²) in [6.07, 6.45) is 1.55. The van der Waals surface area contributed by atoms with Crippen LogP contribution in [0.2, 0.25) is 5.02 Å². The zero-order chi connectivity index (χ0) is 20.5. The molecule has 3 rings (SSSR count). The van der Waals surface area contributed by atoms with Crippen LogP contribution in [0.15, 0.2) is 82.4 Å². The Morgan fingerprint density at radius 1 is 0.966 bits per heavy atom. The SMILES string of the molecule is O=C(NN=Cc1cccc(OCCOc2ccc(Br)cc2)c1)c1cccc(Cl)c1. The Kier molecular flexibility index (Phi) is 7.67.